The number of halogens is 3. The van der Waals surface area contributed by atoms with Crippen LogP contribution in [0.25, 0.3) is 0 Å². The molecule has 3 nitrogen and oxygen atoms in total. The molecule has 0 aliphatic heterocycles. The third-order valence-corrected chi connectivity index (χ3v) is 2.46. The molecule has 108 valence electrons. The van der Waals surface area contributed by atoms with Gasteiger partial charge in [-0.2, -0.15) is 13.2 Å². The van der Waals surface area contributed by atoms with Crippen LogP contribution in [0.1, 0.15) is 13.3 Å². The van der Waals surface area contributed by atoms with Crippen LogP contribution in [0.3, 0.4) is 0 Å². The summed E-state index contributed by atoms with van der Waals surface area (Å²) in [5, 5.41) is 2.76. The van der Waals surface area contributed by atoms with Crippen molar-refractivity contribution >= 4 is 0 Å². The highest BCUT2D eigenvalue weighted by Gasteiger charge is 2.29. The molecule has 0 aliphatic carbocycles. The minimum atomic E-state index is -4.14. The van der Waals surface area contributed by atoms with E-state index in [0.29, 0.717) is 18.0 Å². The van der Waals surface area contributed by atoms with Gasteiger partial charge in [0.05, 0.1) is 13.5 Å². The van der Waals surface area contributed by atoms with Crippen molar-refractivity contribution in [2.75, 3.05) is 20.3 Å². The molecule has 1 N–H and O–H groups in total. The Morgan fingerprint density at radius 3 is 2.42 bits per heavy atom. The molecule has 1 atom stereocenters. The lowest BCUT2D eigenvalue weighted by atomic mass is 10.2. The van der Waals surface area contributed by atoms with Crippen LogP contribution in [0.2, 0.25) is 0 Å². The Bertz CT molecular complexity index is 382. The normalized spacial score (nSPS) is 13.1. The first kappa shape index (κ1) is 15.6. The Morgan fingerprint density at radius 1 is 1.21 bits per heavy atom. The lowest BCUT2D eigenvalue weighted by Crippen LogP contribution is -2.34. The second-order valence-corrected chi connectivity index (χ2v) is 4.17. The Hall–Kier alpha value is -1.43. The molecule has 1 unspecified atom stereocenters. The van der Waals surface area contributed by atoms with Crippen molar-refractivity contribution in [1.29, 1.82) is 0 Å². The zero-order chi connectivity index (χ0) is 14.3. The van der Waals surface area contributed by atoms with Crippen molar-refractivity contribution < 1.29 is 22.6 Å². The molecule has 1 aromatic rings. The van der Waals surface area contributed by atoms with Gasteiger partial charge in [0.1, 0.15) is 6.61 Å². The molecule has 19 heavy (non-hydrogen) atoms. The molecular formula is C13H18F3NO2. The van der Waals surface area contributed by atoms with Crippen LogP contribution < -0.4 is 14.8 Å². The number of ether oxygens (including phenoxy) is 2. The minimum Gasteiger partial charge on any atom is -0.493 e. The van der Waals surface area contributed by atoms with Crippen LogP contribution in [0.5, 0.6) is 11.5 Å². The Kier molecular flexibility index (Phi) is 5.95. The third kappa shape index (κ3) is 6.33. The van der Waals surface area contributed by atoms with E-state index in [2.05, 4.69) is 5.32 Å². The topological polar surface area (TPSA) is 30.5 Å². The summed E-state index contributed by atoms with van der Waals surface area (Å²) in [5.74, 6) is 1.18. The maximum absolute atomic E-state index is 12.1. The van der Waals surface area contributed by atoms with Gasteiger partial charge in [-0.15, -0.1) is 0 Å². The summed E-state index contributed by atoms with van der Waals surface area (Å²) in [6.07, 6.45) is -4.99. The molecule has 0 spiro atoms. The van der Waals surface area contributed by atoms with E-state index >= 15 is 0 Å². The van der Waals surface area contributed by atoms with Crippen LogP contribution in [0.15, 0.2) is 24.3 Å². The number of benzene rings is 1. The van der Waals surface area contributed by atoms with Crippen molar-refractivity contribution in [2.45, 2.75) is 25.6 Å². The van der Waals surface area contributed by atoms with Crippen molar-refractivity contribution in [3.8, 4) is 11.5 Å². The maximum Gasteiger partial charge on any atom is 0.390 e. The molecule has 0 saturated heterocycles. The predicted octanol–water partition coefficient (Wildman–Crippen LogP) is 3.00. The van der Waals surface area contributed by atoms with Gasteiger partial charge in [0.25, 0.3) is 0 Å². The van der Waals surface area contributed by atoms with Gasteiger partial charge in [-0.3, -0.25) is 0 Å². The smallest absolute Gasteiger partial charge is 0.390 e. The summed E-state index contributed by atoms with van der Waals surface area (Å²) < 4.78 is 46.8. The van der Waals surface area contributed by atoms with E-state index in [-0.39, 0.29) is 6.61 Å². The van der Waals surface area contributed by atoms with E-state index in [4.69, 9.17) is 9.47 Å². The van der Waals surface area contributed by atoms with Gasteiger partial charge in [-0.05, 0) is 19.1 Å². The average molecular weight is 277 g/mol. The second-order valence-electron chi connectivity index (χ2n) is 4.17. The van der Waals surface area contributed by atoms with Crippen molar-refractivity contribution in [1.82, 2.24) is 5.32 Å². The highest BCUT2D eigenvalue weighted by Crippen LogP contribution is 2.25. The van der Waals surface area contributed by atoms with Crippen LogP contribution >= 0.6 is 0 Å². The summed E-state index contributed by atoms with van der Waals surface area (Å²) in [6, 6.07) is 6.50. The second kappa shape index (κ2) is 7.23. The molecule has 0 aromatic heterocycles. The van der Waals surface area contributed by atoms with Gasteiger partial charge in [0.2, 0.25) is 0 Å². The molecular weight excluding hydrogens is 259 g/mol. The Labute approximate surface area is 110 Å². The van der Waals surface area contributed by atoms with Gasteiger partial charge >= 0.3 is 6.18 Å². The number of nitrogens with one attached hydrogen (secondary N) is 1. The van der Waals surface area contributed by atoms with Gasteiger partial charge in [0.15, 0.2) is 11.5 Å². The highest BCUT2D eigenvalue weighted by molar-refractivity contribution is 5.39. The molecule has 1 aromatic carbocycles. The number of rotatable bonds is 7. The summed E-state index contributed by atoms with van der Waals surface area (Å²) in [4.78, 5) is 0. The fraction of sp³-hybridized carbons (Fsp3) is 0.538. The van der Waals surface area contributed by atoms with Crippen LogP contribution in [-0.2, 0) is 0 Å². The summed E-state index contributed by atoms with van der Waals surface area (Å²) in [5.41, 5.74) is 0. The van der Waals surface area contributed by atoms with Crippen LogP contribution in [-0.4, -0.2) is 32.5 Å². The number of methoxy groups -OCH3 is 1. The molecule has 0 heterocycles. The van der Waals surface area contributed by atoms with Crippen molar-refractivity contribution in [2.24, 2.45) is 0 Å². The lowest BCUT2D eigenvalue weighted by molar-refractivity contribution is -0.139. The molecule has 0 bridgehead atoms. The first-order valence-electron chi connectivity index (χ1n) is 5.98. The van der Waals surface area contributed by atoms with E-state index in [1.807, 2.05) is 6.07 Å². The number of hydrogen-bond acceptors (Lipinski definition) is 3. The summed E-state index contributed by atoms with van der Waals surface area (Å²) >= 11 is 0. The van der Waals surface area contributed by atoms with Gasteiger partial charge < -0.3 is 14.8 Å². The van der Waals surface area contributed by atoms with E-state index in [9.17, 15) is 13.2 Å². The maximum atomic E-state index is 12.1. The van der Waals surface area contributed by atoms with Crippen LogP contribution in [0.4, 0.5) is 13.2 Å². The number of hydrogen-bond donors (Lipinski definition) is 1. The molecule has 6 heteroatoms. The Morgan fingerprint density at radius 2 is 1.84 bits per heavy atom. The van der Waals surface area contributed by atoms with E-state index in [0.717, 1.165) is 0 Å². The average Bonchev–Trinajstić information content (AvgIpc) is 2.33. The van der Waals surface area contributed by atoms with E-state index in [1.54, 1.807) is 18.2 Å². The summed E-state index contributed by atoms with van der Waals surface area (Å²) in [6.45, 7) is 2.12. The van der Waals surface area contributed by atoms with Crippen molar-refractivity contribution in [3.05, 3.63) is 24.3 Å². The van der Waals surface area contributed by atoms with Gasteiger partial charge in [0, 0.05) is 12.6 Å². The molecule has 0 amide bonds. The Balaban J connectivity index is 2.27. The first-order chi connectivity index (χ1) is 8.92. The summed E-state index contributed by atoms with van der Waals surface area (Å²) in [7, 11) is 1.53. The monoisotopic (exact) mass is 277 g/mol. The SMILES string of the molecule is COc1ccccc1OCCNC(C)CC(F)(F)F. The minimum absolute atomic E-state index is 0.280. The lowest BCUT2D eigenvalue weighted by Gasteiger charge is -2.16. The zero-order valence-electron chi connectivity index (χ0n) is 11.0. The predicted molar refractivity (Wildman–Crippen MR) is 66.6 cm³/mol. The van der Waals surface area contributed by atoms with Crippen molar-refractivity contribution in [3.63, 3.8) is 0 Å². The fourth-order valence-corrected chi connectivity index (χ4v) is 1.62. The first-order valence-corrected chi connectivity index (χ1v) is 5.98. The molecule has 0 saturated carbocycles. The highest BCUT2D eigenvalue weighted by atomic mass is 19.4. The molecule has 0 aliphatic rings. The number of alkyl halides is 3. The zero-order valence-corrected chi connectivity index (χ0v) is 11.0. The molecule has 0 fully saturated rings. The fourth-order valence-electron chi connectivity index (χ4n) is 1.62. The molecule has 1 rings (SSSR count). The van der Waals surface area contributed by atoms with Gasteiger partial charge in [-0.25, -0.2) is 0 Å². The largest absolute Gasteiger partial charge is 0.493 e. The quantitative estimate of drug-likeness (QED) is 0.777. The van der Waals surface area contributed by atoms with Gasteiger partial charge in [-0.1, -0.05) is 12.1 Å². The van der Waals surface area contributed by atoms with E-state index < -0.39 is 18.6 Å². The van der Waals surface area contributed by atoms with E-state index in [1.165, 1.54) is 14.0 Å². The standard InChI is InChI=1S/C13H18F3NO2/c1-10(9-13(14,15)16)17-7-8-19-12-6-4-3-5-11(12)18-2/h3-6,10,17H,7-9H2,1-2H3. The third-order valence-electron chi connectivity index (χ3n) is 2.46. The number of para-hydroxylation sites is 2. The molecule has 0 radical (unpaired) electrons. The van der Waals surface area contributed by atoms with Crippen LogP contribution in [0, 0.1) is 0 Å².